The van der Waals surface area contributed by atoms with Crippen molar-refractivity contribution >= 4 is 29.0 Å². The molecule has 0 aliphatic rings. The summed E-state index contributed by atoms with van der Waals surface area (Å²) < 4.78 is 0. The number of nitrogens with one attached hydrogen (secondary N) is 2. The monoisotopic (exact) mass is 434 g/mol. The van der Waals surface area contributed by atoms with Crippen molar-refractivity contribution in [3.63, 3.8) is 0 Å². The van der Waals surface area contributed by atoms with Crippen LogP contribution in [0.3, 0.4) is 0 Å². The van der Waals surface area contributed by atoms with Gasteiger partial charge in [-0.1, -0.05) is 18.2 Å². The lowest BCUT2D eigenvalue weighted by Gasteiger charge is -2.12. The molecule has 5 N–H and O–H groups in total. The van der Waals surface area contributed by atoms with Gasteiger partial charge in [0, 0.05) is 12.6 Å². The Morgan fingerprint density at radius 3 is 1.97 bits per heavy atom. The fourth-order valence-corrected chi connectivity index (χ4v) is 3.25. The quantitative estimate of drug-likeness (QED) is 0.281. The number of phenolic OH excluding ortho intramolecular Hbond substituents is 2. The van der Waals surface area contributed by atoms with E-state index in [0.717, 1.165) is 17.2 Å². The van der Waals surface area contributed by atoms with E-state index in [9.17, 15) is 29.7 Å². The van der Waals surface area contributed by atoms with E-state index in [1.165, 1.54) is 25.1 Å². The number of aromatic carboxylic acids is 1. The van der Waals surface area contributed by atoms with Gasteiger partial charge in [-0.25, -0.2) is 4.79 Å². The summed E-state index contributed by atoms with van der Waals surface area (Å²) in [5.41, 5.74) is 2.09. The summed E-state index contributed by atoms with van der Waals surface area (Å²) in [6, 6.07) is 13.6. The molecule has 164 valence electrons. The summed E-state index contributed by atoms with van der Waals surface area (Å²) in [6.45, 7) is 1.30. The molecule has 0 aliphatic carbocycles. The van der Waals surface area contributed by atoms with Crippen LogP contribution in [0.25, 0.3) is 0 Å². The lowest BCUT2D eigenvalue weighted by molar-refractivity contribution is 0.0692. The lowest BCUT2D eigenvalue weighted by atomic mass is 10.0. The number of hydrogen-bond acceptors (Lipinski definition) is 6. The second kappa shape index (κ2) is 9.22. The fraction of sp³-hybridized carbons (Fsp3) is 0.125. The normalized spacial score (nSPS) is 10.4. The van der Waals surface area contributed by atoms with Gasteiger partial charge in [0.25, 0.3) is 5.91 Å². The minimum atomic E-state index is -1.34. The Hall–Kier alpha value is -4.33. The van der Waals surface area contributed by atoms with Gasteiger partial charge >= 0.3 is 5.97 Å². The van der Waals surface area contributed by atoms with Gasteiger partial charge in [0.2, 0.25) is 0 Å². The van der Waals surface area contributed by atoms with Gasteiger partial charge in [-0.05, 0) is 60.9 Å². The average molecular weight is 434 g/mol. The maximum Gasteiger partial charge on any atom is 0.336 e. The zero-order chi connectivity index (χ0) is 23.4. The van der Waals surface area contributed by atoms with Crippen molar-refractivity contribution in [2.45, 2.75) is 13.3 Å². The highest BCUT2D eigenvalue weighted by Gasteiger charge is 2.19. The van der Waals surface area contributed by atoms with Crippen LogP contribution < -0.4 is 10.6 Å². The summed E-state index contributed by atoms with van der Waals surface area (Å²) in [7, 11) is 1.70. The molecule has 32 heavy (non-hydrogen) atoms. The molecule has 0 spiro atoms. The Bertz CT molecular complexity index is 1220. The topological polar surface area (TPSA) is 136 Å². The van der Waals surface area contributed by atoms with Crippen LogP contribution in [0, 0.1) is 0 Å². The van der Waals surface area contributed by atoms with Gasteiger partial charge in [-0.2, -0.15) is 0 Å². The number of carboxylic acid groups (broad SMARTS) is 1. The minimum Gasteiger partial charge on any atom is -0.506 e. The number of phenols is 2. The molecule has 3 rings (SSSR count). The number of carbonyl (C=O) groups is 3. The van der Waals surface area contributed by atoms with Crippen molar-refractivity contribution in [2.75, 3.05) is 17.7 Å². The van der Waals surface area contributed by atoms with Crippen LogP contribution in [-0.4, -0.2) is 40.0 Å². The first kappa shape index (κ1) is 22.4. The first-order chi connectivity index (χ1) is 15.2. The number of benzene rings is 3. The molecule has 0 bridgehead atoms. The highest BCUT2D eigenvalue weighted by atomic mass is 16.4. The Morgan fingerprint density at radius 1 is 0.812 bits per heavy atom. The summed E-state index contributed by atoms with van der Waals surface area (Å²) in [5, 5.41) is 34.9. The van der Waals surface area contributed by atoms with Gasteiger partial charge in [0.1, 0.15) is 11.5 Å². The third-order valence-corrected chi connectivity index (χ3v) is 4.95. The number of carbonyl (C=O) groups excluding carboxylic acids is 2. The molecule has 0 unspecified atom stereocenters. The van der Waals surface area contributed by atoms with E-state index >= 15 is 0 Å². The maximum atomic E-state index is 12.8. The molecule has 8 nitrogen and oxygen atoms in total. The van der Waals surface area contributed by atoms with Crippen LogP contribution in [0.2, 0.25) is 0 Å². The molecule has 3 aromatic carbocycles. The molecule has 8 heteroatoms. The standard InChI is InChI=1S/C24H22N2O6/c1-13(27)16-5-6-17(18(12-16)24(31)32)23(30)26-20-11-15(4-8-22(20)29)9-14-3-7-21(28)19(10-14)25-2/h3-8,10-12,25,28-29H,9H2,1-2H3,(H,26,30)(H,31,32). The third kappa shape index (κ3) is 4.86. The zero-order valence-corrected chi connectivity index (χ0v) is 17.5. The van der Waals surface area contributed by atoms with E-state index in [2.05, 4.69) is 10.6 Å². The second-order valence-corrected chi connectivity index (χ2v) is 7.21. The first-order valence-electron chi connectivity index (χ1n) is 9.70. The van der Waals surface area contributed by atoms with Gasteiger partial charge in [-0.3, -0.25) is 9.59 Å². The van der Waals surface area contributed by atoms with Crippen molar-refractivity contribution in [3.05, 3.63) is 82.4 Å². The summed E-state index contributed by atoms with van der Waals surface area (Å²) in [6.07, 6.45) is 0.464. The molecule has 0 heterocycles. The van der Waals surface area contributed by atoms with Gasteiger partial charge in [0.15, 0.2) is 5.78 Å². The molecule has 0 aliphatic heterocycles. The smallest absolute Gasteiger partial charge is 0.336 e. The Morgan fingerprint density at radius 2 is 1.41 bits per heavy atom. The Balaban J connectivity index is 1.87. The molecule has 0 fully saturated rings. The van der Waals surface area contributed by atoms with Crippen LogP contribution in [0.4, 0.5) is 11.4 Å². The van der Waals surface area contributed by atoms with Crippen LogP contribution in [0.5, 0.6) is 11.5 Å². The van der Waals surface area contributed by atoms with E-state index in [4.69, 9.17) is 0 Å². The van der Waals surface area contributed by atoms with Gasteiger partial charge in [0.05, 0.1) is 22.5 Å². The van der Waals surface area contributed by atoms with Crippen molar-refractivity contribution < 1.29 is 29.7 Å². The summed E-state index contributed by atoms with van der Waals surface area (Å²) in [4.78, 5) is 35.9. The number of aromatic hydroxyl groups is 2. The van der Waals surface area contributed by atoms with Crippen LogP contribution >= 0.6 is 0 Å². The van der Waals surface area contributed by atoms with Crippen LogP contribution in [0.1, 0.15) is 49.1 Å². The van der Waals surface area contributed by atoms with Crippen molar-refractivity contribution in [2.24, 2.45) is 0 Å². The predicted octanol–water partition coefficient (Wildman–Crippen LogP) is 3.88. The first-order valence-corrected chi connectivity index (χ1v) is 9.70. The number of hydrogen-bond donors (Lipinski definition) is 5. The third-order valence-electron chi connectivity index (χ3n) is 4.95. The number of carboxylic acids is 1. The number of rotatable bonds is 7. The van der Waals surface area contributed by atoms with Crippen LogP contribution in [0.15, 0.2) is 54.6 Å². The maximum absolute atomic E-state index is 12.8. The minimum absolute atomic E-state index is 0.118. The molecule has 0 saturated heterocycles. The lowest BCUT2D eigenvalue weighted by Crippen LogP contribution is -2.17. The molecule has 1 amide bonds. The van der Waals surface area contributed by atoms with E-state index in [0.29, 0.717) is 12.1 Å². The van der Waals surface area contributed by atoms with E-state index in [1.807, 2.05) is 0 Å². The van der Waals surface area contributed by atoms with Gasteiger partial charge in [-0.15, -0.1) is 0 Å². The van der Waals surface area contributed by atoms with Gasteiger partial charge < -0.3 is 26.0 Å². The number of Topliss-reactive ketones (excluding diaryl/α,β-unsaturated/α-hetero) is 1. The Labute approximate surface area is 184 Å². The average Bonchev–Trinajstić information content (AvgIpc) is 2.76. The summed E-state index contributed by atoms with van der Waals surface area (Å²) >= 11 is 0. The molecular formula is C24H22N2O6. The number of anilines is 2. The predicted molar refractivity (Wildman–Crippen MR) is 120 cm³/mol. The highest BCUT2D eigenvalue weighted by molar-refractivity contribution is 6.12. The van der Waals surface area contributed by atoms with E-state index in [-0.39, 0.29) is 39.7 Å². The van der Waals surface area contributed by atoms with E-state index < -0.39 is 11.9 Å². The largest absolute Gasteiger partial charge is 0.506 e. The molecule has 0 aromatic heterocycles. The molecule has 0 saturated carbocycles. The molecule has 0 radical (unpaired) electrons. The summed E-state index contributed by atoms with van der Waals surface area (Å²) in [5.74, 6) is -2.45. The van der Waals surface area contributed by atoms with Crippen molar-refractivity contribution in [1.29, 1.82) is 0 Å². The number of amides is 1. The number of ketones is 1. The van der Waals surface area contributed by atoms with E-state index in [1.54, 1.807) is 37.4 Å². The fourth-order valence-electron chi connectivity index (χ4n) is 3.25. The van der Waals surface area contributed by atoms with Crippen LogP contribution in [-0.2, 0) is 6.42 Å². The second-order valence-electron chi connectivity index (χ2n) is 7.21. The molecule has 0 atom stereocenters. The molecule has 3 aromatic rings. The SMILES string of the molecule is CNc1cc(Cc2ccc(O)c(NC(=O)c3ccc(C(C)=O)cc3C(=O)O)c2)ccc1O. The van der Waals surface area contributed by atoms with Crippen molar-refractivity contribution in [1.82, 2.24) is 0 Å². The zero-order valence-electron chi connectivity index (χ0n) is 17.5. The Kier molecular flexibility index (Phi) is 6.44. The highest BCUT2D eigenvalue weighted by Crippen LogP contribution is 2.29. The molecular weight excluding hydrogens is 412 g/mol. The van der Waals surface area contributed by atoms with Crippen molar-refractivity contribution in [3.8, 4) is 11.5 Å².